The van der Waals surface area contributed by atoms with Crippen LogP contribution in [0.2, 0.25) is 0 Å². The van der Waals surface area contributed by atoms with Crippen molar-refractivity contribution in [3.63, 3.8) is 0 Å². The monoisotopic (exact) mass is 247 g/mol. The summed E-state index contributed by atoms with van der Waals surface area (Å²) in [5, 5.41) is 9.57. The summed E-state index contributed by atoms with van der Waals surface area (Å²) in [4.78, 5) is 11.8. The fourth-order valence-electron chi connectivity index (χ4n) is 2.28. The Hall–Kier alpha value is -1.55. The van der Waals surface area contributed by atoms with Crippen LogP contribution in [0, 0.1) is 0 Å². The number of anilines is 1. The van der Waals surface area contributed by atoms with Gasteiger partial charge in [0, 0.05) is 17.8 Å². The zero-order valence-corrected chi connectivity index (χ0v) is 10.8. The summed E-state index contributed by atoms with van der Waals surface area (Å²) in [7, 11) is 0. The number of nitrogens with one attached hydrogen (secondary N) is 3. The van der Waals surface area contributed by atoms with Crippen molar-refractivity contribution < 1.29 is 4.79 Å². The van der Waals surface area contributed by atoms with Crippen LogP contribution in [0.5, 0.6) is 0 Å². The van der Waals surface area contributed by atoms with Crippen molar-refractivity contribution in [2.45, 2.75) is 31.8 Å². The molecule has 1 aromatic carbocycles. The van der Waals surface area contributed by atoms with Gasteiger partial charge in [-0.15, -0.1) is 0 Å². The molecule has 3 N–H and O–H groups in total. The zero-order valence-electron chi connectivity index (χ0n) is 10.8. The summed E-state index contributed by atoms with van der Waals surface area (Å²) >= 11 is 0. The molecule has 1 aliphatic heterocycles. The standard InChI is InChI=1S/C14H21N3O/c1-11-9-13(7-8-15-11)17-14(18)10-16-12-5-3-2-4-6-12/h2-6,11,13,15-16H,7-10H2,1H3,(H,17,18). The quantitative estimate of drug-likeness (QED) is 0.753. The van der Waals surface area contributed by atoms with Gasteiger partial charge in [-0.2, -0.15) is 0 Å². The molecule has 1 aromatic rings. The number of hydrogen-bond donors (Lipinski definition) is 3. The highest BCUT2D eigenvalue weighted by Crippen LogP contribution is 2.08. The fraction of sp³-hybridized carbons (Fsp3) is 0.500. The van der Waals surface area contributed by atoms with Gasteiger partial charge >= 0.3 is 0 Å². The molecular formula is C14H21N3O. The number of para-hydroxylation sites is 1. The topological polar surface area (TPSA) is 53.2 Å². The van der Waals surface area contributed by atoms with Crippen molar-refractivity contribution in [2.75, 3.05) is 18.4 Å². The number of hydrogen-bond acceptors (Lipinski definition) is 3. The molecule has 0 aliphatic carbocycles. The van der Waals surface area contributed by atoms with E-state index < -0.39 is 0 Å². The molecule has 2 atom stereocenters. The van der Waals surface area contributed by atoms with Crippen LogP contribution in [0.3, 0.4) is 0 Å². The molecule has 0 saturated carbocycles. The minimum Gasteiger partial charge on any atom is -0.376 e. The molecule has 1 heterocycles. The first-order chi connectivity index (χ1) is 8.74. The molecule has 0 bridgehead atoms. The van der Waals surface area contributed by atoms with E-state index in [1.54, 1.807) is 0 Å². The van der Waals surface area contributed by atoms with Gasteiger partial charge in [0.05, 0.1) is 6.54 Å². The number of carbonyl (C=O) groups is 1. The lowest BCUT2D eigenvalue weighted by Crippen LogP contribution is -2.47. The third kappa shape index (κ3) is 4.04. The molecule has 1 fully saturated rings. The average molecular weight is 247 g/mol. The molecule has 0 radical (unpaired) electrons. The van der Waals surface area contributed by atoms with Crippen LogP contribution in [0.1, 0.15) is 19.8 Å². The lowest BCUT2D eigenvalue weighted by atomic mass is 10.0. The maximum atomic E-state index is 11.8. The van der Waals surface area contributed by atoms with Gasteiger partial charge < -0.3 is 16.0 Å². The Labute approximate surface area is 108 Å². The van der Waals surface area contributed by atoms with E-state index in [1.807, 2.05) is 30.3 Å². The maximum absolute atomic E-state index is 11.8. The minimum atomic E-state index is 0.0675. The van der Waals surface area contributed by atoms with Crippen molar-refractivity contribution in [2.24, 2.45) is 0 Å². The molecule has 2 rings (SSSR count). The SMILES string of the molecule is CC1CC(NC(=O)CNc2ccccc2)CCN1. The smallest absolute Gasteiger partial charge is 0.239 e. The third-order valence-corrected chi connectivity index (χ3v) is 3.22. The largest absolute Gasteiger partial charge is 0.376 e. The van der Waals surface area contributed by atoms with Gasteiger partial charge in [-0.3, -0.25) is 4.79 Å². The summed E-state index contributed by atoms with van der Waals surface area (Å²) in [6.45, 7) is 3.47. The van der Waals surface area contributed by atoms with Gasteiger partial charge in [0.25, 0.3) is 0 Å². The van der Waals surface area contributed by atoms with Gasteiger partial charge in [0.15, 0.2) is 0 Å². The Balaban J connectivity index is 1.72. The molecule has 1 saturated heterocycles. The third-order valence-electron chi connectivity index (χ3n) is 3.22. The highest BCUT2D eigenvalue weighted by atomic mass is 16.1. The number of amides is 1. The maximum Gasteiger partial charge on any atom is 0.239 e. The van der Waals surface area contributed by atoms with E-state index in [0.29, 0.717) is 18.6 Å². The van der Waals surface area contributed by atoms with E-state index in [1.165, 1.54) is 0 Å². The van der Waals surface area contributed by atoms with Crippen LogP contribution in [-0.2, 0) is 4.79 Å². The average Bonchev–Trinajstić information content (AvgIpc) is 2.38. The predicted molar refractivity (Wildman–Crippen MR) is 73.6 cm³/mol. The van der Waals surface area contributed by atoms with Gasteiger partial charge in [0.2, 0.25) is 5.91 Å². The highest BCUT2D eigenvalue weighted by molar-refractivity contribution is 5.80. The molecule has 18 heavy (non-hydrogen) atoms. The molecule has 1 aliphatic rings. The van der Waals surface area contributed by atoms with Crippen molar-refractivity contribution in [3.05, 3.63) is 30.3 Å². The first-order valence-electron chi connectivity index (χ1n) is 6.55. The van der Waals surface area contributed by atoms with Crippen LogP contribution >= 0.6 is 0 Å². The van der Waals surface area contributed by atoms with E-state index >= 15 is 0 Å². The van der Waals surface area contributed by atoms with E-state index in [4.69, 9.17) is 0 Å². The highest BCUT2D eigenvalue weighted by Gasteiger charge is 2.19. The zero-order chi connectivity index (χ0) is 12.8. The predicted octanol–water partition coefficient (Wildman–Crippen LogP) is 1.36. The normalized spacial score (nSPS) is 23.4. The summed E-state index contributed by atoms with van der Waals surface area (Å²) in [5.74, 6) is 0.0675. The summed E-state index contributed by atoms with van der Waals surface area (Å²) in [5.41, 5.74) is 0.978. The van der Waals surface area contributed by atoms with Gasteiger partial charge in [-0.25, -0.2) is 0 Å². The first-order valence-corrected chi connectivity index (χ1v) is 6.55. The molecule has 0 spiro atoms. The Morgan fingerprint density at radius 1 is 1.39 bits per heavy atom. The van der Waals surface area contributed by atoms with Crippen LogP contribution in [-0.4, -0.2) is 31.1 Å². The Bertz CT molecular complexity index is 380. The Morgan fingerprint density at radius 2 is 2.17 bits per heavy atom. The van der Waals surface area contributed by atoms with E-state index in [0.717, 1.165) is 25.1 Å². The lowest BCUT2D eigenvalue weighted by molar-refractivity contribution is -0.120. The molecule has 2 unspecified atom stereocenters. The van der Waals surface area contributed by atoms with Gasteiger partial charge in [0.1, 0.15) is 0 Å². The van der Waals surface area contributed by atoms with E-state index in [2.05, 4.69) is 22.9 Å². The Kier molecular flexibility index (Phi) is 4.59. The number of carbonyl (C=O) groups excluding carboxylic acids is 1. The van der Waals surface area contributed by atoms with E-state index in [9.17, 15) is 4.79 Å². The molecule has 4 nitrogen and oxygen atoms in total. The Morgan fingerprint density at radius 3 is 2.89 bits per heavy atom. The second kappa shape index (κ2) is 6.40. The summed E-state index contributed by atoms with van der Waals surface area (Å²) in [6.07, 6.45) is 2.03. The molecule has 1 amide bonds. The van der Waals surface area contributed by atoms with Crippen LogP contribution in [0.15, 0.2) is 30.3 Å². The van der Waals surface area contributed by atoms with Crippen LogP contribution in [0.4, 0.5) is 5.69 Å². The minimum absolute atomic E-state index is 0.0675. The van der Waals surface area contributed by atoms with Gasteiger partial charge in [-0.1, -0.05) is 18.2 Å². The number of rotatable bonds is 4. The number of piperidine rings is 1. The molecule has 98 valence electrons. The second-order valence-electron chi connectivity index (χ2n) is 4.86. The van der Waals surface area contributed by atoms with Crippen molar-refractivity contribution >= 4 is 11.6 Å². The number of benzene rings is 1. The molecule has 4 heteroatoms. The molecule has 0 aromatic heterocycles. The second-order valence-corrected chi connectivity index (χ2v) is 4.86. The fourth-order valence-corrected chi connectivity index (χ4v) is 2.28. The molecular weight excluding hydrogens is 226 g/mol. The van der Waals surface area contributed by atoms with Crippen LogP contribution < -0.4 is 16.0 Å². The van der Waals surface area contributed by atoms with Crippen molar-refractivity contribution in [1.82, 2.24) is 10.6 Å². The summed E-state index contributed by atoms with van der Waals surface area (Å²) < 4.78 is 0. The lowest BCUT2D eigenvalue weighted by Gasteiger charge is -2.28. The van der Waals surface area contributed by atoms with E-state index in [-0.39, 0.29) is 5.91 Å². The first kappa shape index (κ1) is 12.9. The van der Waals surface area contributed by atoms with Crippen molar-refractivity contribution in [1.29, 1.82) is 0 Å². The van der Waals surface area contributed by atoms with Crippen molar-refractivity contribution in [3.8, 4) is 0 Å². The van der Waals surface area contributed by atoms with Crippen LogP contribution in [0.25, 0.3) is 0 Å². The summed E-state index contributed by atoms with van der Waals surface area (Å²) in [6, 6.07) is 10.6. The van der Waals surface area contributed by atoms with Gasteiger partial charge in [-0.05, 0) is 38.4 Å².